The average Bonchev–Trinajstić information content (AvgIpc) is 2.26. The third kappa shape index (κ3) is 5.65. The van der Waals surface area contributed by atoms with Crippen LogP contribution >= 0.6 is 12.4 Å². The Hall–Kier alpha value is -1.01. The summed E-state index contributed by atoms with van der Waals surface area (Å²) >= 11 is 0. The number of carbonyl (C=O) groups is 2. The van der Waals surface area contributed by atoms with Gasteiger partial charge in [0.2, 0.25) is 0 Å². The number of hydrogen-bond donors (Lipinski definition) is 1. The van der Waals surface area contributed by atoms with Crippen LogP contribution in [0.4, 0.5) is 4.79 Å². The fraction of sp³-hybridized carbons (Fsp3) is 0.833. The van der Waals surface area contributed by atoms with Gasteiger partial charge in [-0.15, -0.1) is 12.4 Å². The molecule has 1 N–H and O–H groups in total. The third-order valence-corrected chi connectivity index (χ3v) is 2.87. The lowest BCUT2D eigenvalue weighted by Crippen LogP contribution is -2.53. The fourth-order valence-corrected chi connectivity index (χ4v) is 1.77. The van der Waals surface area contributed by atoms with Gasteiger partial charge in [0, 0.05) is 26.2 Å². The predicted octanol–water partition coefficient (Wildman–Crippen LogP) is 1.43. The van der Waals surface area contributed by atoms with E-state index in [0.29, 0.717) is 26.2 Å². The second-order valence-electron chi connectivity index (χ2n) is 5.52. The lowest BCUT2D eigenvalue weighted by atomic mass is 10.2. The molecule has 19 heavy (non-hydrogen) atoms. The molecular formula is C12H23ClN2O4. The molecule has 0 bridgehead atoms. The highest BCUT2D eigenvalue weighted by atomic mass is 35.5. The summed E-state index contributed by atoms with van der Waals surface area (Å²) in [6.07, 6.45) is -0.329. The maximum Gasteiger partial charge on any atom is 0.410 e. The Morgan fingerprint density at radius 1 is 1.16 bits per heavy atom. The molecule has 1 aliphatic rings. The fourth-order valence-electron chi connectivity index (χ4n) is 1.77. The Labute approximate surface area is 120 Å². The highest BCUT2D eigenvalue weighted by Crippen LogP contribution is 2.12. The molecule has 0 saturated carbocycles. The quantitative estimate of drug-likeness (QED) is 0.834. The van der Waals surface area contributed by atoms with Gasteiger partial charge >= 0.3 is 12.1 Å². The maximum absolute atomic E-state index is 11.8. The van der Waals surface area contributed by atoms with E-state index in [1.807, 2.05) is 25.7 Å². The van der Waals surface area contributed by atoms with E-state index in [0.717, 1.165) is 0 Å². The van der Waals surface area contributed by atoms with Crippen molar-refractivity contribution in [1.82, 2.24) is 9.80 Å². The summed E-state index contributed by atoms with van der Waals surface area (Å²) < 4.78 is 5.27. The Morgan fingerprint density at radius 2 is 1.63 bits per heavy atom. The maximum atomic E-state index is 11.8. The van der Waals surface area contributed by atoms with Gasteiger partial charge in [0.25, 0.3) is 0 Å². The number of amides is 1. The molecule has 1 rings (SSSR count). The first-order valence-electron chi connectivity index (χ1n) is 6.15. The van der Waals surface area contributed by atoms with Crippen molar-refractivity contribution in [3.63, 3.8) is 0 Å². The number of piperazine rings is 1. The first kappa shape index (κ1) is 18.0. The molecule has 0 aromatic carbocycles. The molecule has 1 amide bonds. The summed E-state index contributed by atoms with van der Waals surface area (Å²) in [5, 5.41) is 8.92. The van der Waals surface area contributed by atoms with Crippen LogP contribution in [0.1, 0.15) is 27.7 Å². The van der Waals surface area contributed by atoms with Crippen LogP contribution in [0.25, 0.3) is 0 Å². The highest BCUT2D eigenvalue weighted by molar-refractivity contribution is 5.85. The number of carboxylic acid groups (broad SMARTS) is 1. The molecule has 0 spiro atoms. The number of aliphatic carboxylic acids is 1. The van der Waals surface area contributed by atoms with Gasteiger partial charge in [0.15, 0.2) is 0 Å². The molecule has 1 atom stereocenters. The second kappa shape index (κ2) is 6.96. The molecule has 1 fully saturated rings. The van der Waals surface area contributed by atoms with Crippen LogP contribution < -0.4 is 0 Å². The van der Waals surface area contributed by atoms with Gasteiger partial charge in [-0.1, -0.05) is 0 Å². The number of hydrogen-bond acceptors (Lipinski definition) is 4. The summed E-state index contributed by atoms with van der Waals surface area (Å²) in [5.41, 5.74) is -0.497. The Balaban J connectivity index is 0.00000324. The summed E-state index contributed by atoms with van der Waals surface area (Å²) in [5.74, 6) is -0.833. The summed E-state index contributed by atoms with van der Waals surface area (Å²) in [4.78, 5) is 26.1. The first-order chi connectivity index (χ1) is 8.20. The van der Waals surface area contributed by atoms with Crippen LogP contribution in [0.5, 0.6) is 0 Å². The molecule has 0 aliphatic carbocycles. The summed E-state index contributed by atoms with van der Waals surface area (Å²) in [7, 11) is 0. The van der Waals surface area contributed by atoms with Crippen LogP contribution in [-0.2, 0) is 9.53 Å². The van der Waals surface area contributed by atoms with E-state index >= 15 is 0 Å². The molecule has 1 unspecified atom stereocenters. The smallest absolute Gasteiger partial charge is 0.410 e. The van der Waals surface area contributed by atoms with Gasteiger partial charge in [-0.25, -0.2) is 4.79 Å². The van der Waals surface area contributed by atoms with Gasteiger partial charge in [0.05, 0.1) is 0 Å². The molecule has 0 aromatic rings. The molecule has 112 valence electrons. The van der Waals surface area contributed by atoms with Crippen LogP contribution in [0, 0.1) is 0 Å². The topological polar surface area (TPSA) is 70.1 Å². The number of rotatable bonds is 2. The second-order valence-corrected chi connectivity index (χ2v) is 5.52. The van der Waals surface area contributed by atoms with Crippen LogP contribution in [0.15, 0.2) is 0 Å². The van der Waals surface area contributed by atoms with Crippen molar-refractivity contribution in [2.24, 2.45) is 0 Å². The van der Waals surface area contributed by atoms with Crippen molar-refractivity contribution in [3.8, 4) is 0 Å². The van der Waals surface area contributed by atoms with E-state index in [1.54, 1.807) is 11.8 Å². The molecule has 1 heterocycles. The minimum atomic E-state index is -0.833. The molecule has 0 aromatic heterocycles. The summed E-state index contributed by atoms with van der Waals surface area (Å²) in [6, 6.07) is -0.509. The monoisotopic (exact) mass is 294 g/mol. The van der Waals surface area contributed by atoms with Crippen molar-refractivity contribution in [1.29, 1.82) is 0 Å². The largest absolute Gasteiger partial charge is 0.480 e. The number of halogens is 1. The third-order valence-electron chi connectivity index (χ3n) is 2.87. The zero-order valence-corrected chi connectivity index (χ0v) is 12.7. The Bertz CT molecular complexity index is 322. The molecular weight excluding hydrogens is 272 g/mol. The average molecular weight is 295 g/mol. The lowest BCUT2D eigenvalue weighted by molar-refractivity contribution is -0.143. The molecule has 1 saturated heterocycles. The number of ether oxygens (including phenoxy) is 1. The molecule has 0 radical (unpaired) electrons. The van der Waals surface area contributed by atoms with E-state index in [4.69, 9.17) is 9.84 Å². The standard InChI is InChI=1S/C12H22N2O4.ClH/c1-9(10(15)16)13-5-7-14(8-6-13)11(17)18-12(2,3)4;/h9H,5-8H2,1-4H3,(H,15,16);1H. The van der Waals surface area contributed by atoms with Crippen LogP contribution in [0.2, 0.25) is 0 Å². The summed E-state index contributed by atoms with van der Waals surface area (Å²) in [6.45, 7) is 9.28. The van der Waals surface area contributed by atoms with Crippen molar-refractivity contribution in [2.45, 2.75) is 39.3 Å². The Kier molecular flexibility index (Phi) is 6.59. The zero-order valence-electron chi connectivity index (χ0n) is 11.9. The van der Waals surface area contributed by atoms with Crippen LogP contribution in [-0.4, -0.2) is 64.8 Å². The first-order valence-corrected chi connectivity index (χ1v) is 6.15. The minimum absolute atomic E-state index is 0. The number of carboxylic acids is 1. The molecule has 1 aliphatic heterocycles. The van der Waals surface area contributed by atoms with E-state index < -0.39 is 17.6 Å². The number of carbonyl (C=O) groups excluding carboxylic acids is 1. The van der Waals surface area contributed by atoms with E-state index in [2.05, 4.69) is 0 Å². The van der Waals surface area contributed by atoms with Gasteiger partial charge in [0.1, 0.15) is 11.6 Å². The number of nitrogens with zero attached hydrogens (tertiary/aromatic N) is 2. The zero-order chi connectivity index (χ0) is 13.9. The van der Waals surface area contributed by atoms with Crippen LogP contribution in [0.3, 0.4) is 0 Å². The van der Waals surface area contributed by atoms with Gasteiger partial charge in [-0.3, -0.25) is 9.69 Å². The van der Waals surface area contributed by atoms with E-state index in [9.17, 15) is 9.59 Å². The Morgan fingerprint density at radius 3 is 2.00 bits per heavy atom. The molecule has 7 heteroatoms. The van der Waals surface area contributed by atoms with Crippen molar-refractivity contribution in [3.05, 3.63) is 0 Å². The minimum Gasteiger partial charge on any atom is -0.480 e. The van der Waals surface area contributed by atoms with Gasteiger partial charge in [-0.05, 0) is 27.7 Å². The van der Waals surface area contributed by atoms with Gasteiger partial charge < -0.3 is 14.7 Å². The normalized spacial score (nSPS) is 18.4. The van der Waals surface area contributed by atoms with E-state index in [1.165, 1.54) is 0 Å². The van der Waals surface area contributed by atoms with Crippen molar-refractivity contribution >= 4 is 24.5 Å². The van der Waals surface area contributed by atoms with E-state index in [-0.39, 0.29) is 18.5 Å². The highest BCUT2D eigenvalue weighted by Gasteiger charge is 2.29. The van der Waals surface area contributed by atoms with Gasteiger partial charge in [-0.2, -0.15) is 0 Å². The van der Waals surface area contributed by atoms with Crippen molar-refractivity contribution < 1.29 is 19.4 Å². The molecule has 6 nitrogen and oxygen atoms in total. The SMILES string of the molecule is CC(C(=O)O)N1CCN(C(=O)OC(C)(C)C)CC1.Cl. The van der Waals surface area contributed by atoms with Crippen molar-refractivity contribution in [2.75, 3.05) is 26.2 Å². The predicted molar refractivity (Wildman–Crippen MR) is 73.7 cm³/mol. The lowest BCUT2D eigenvalue weighted by Gasteiger charge is -2.37.